The SMILES string of the molecule is CCOC1CCN(CCC(C)C)C1. The van der Waals surface area contributed by atoms with Crippen LogP contribution in [0.5, 0.6) is 0 Å². The van der Waals surface area contributed by atoms with E-state index in [1.807, 2.05) is 0 Å². The minimum atomic E-state index is 0.511. The molecule has 2 nitrogen and oxygen atoms in total. The van der Waals surface area contributed by atoms with E-state index >= 15 is 0 Å². The highest BCUT2D eigenvalue weighted by molar-refractivity contribution is 4.75. The zero-order chi connectivity index (χ0) is 9.68. The van der Waals surface area contributed by atoms with Crippen LogP contribution in [-0.2, 0) is 4.74 Å². The summed E-state index contributed by atoms with van der Waals surface area (Å²) in [7, 11) is 0. The van der Waals surface area contributed by atoms with E-state index in [9.17, 15) is 0 Å². The highest BCUT2D eigenvalue weighted by Crippen LogP contribution is 2.13. The van der Waals surface area contributed by atoms with Crippen LogP contribution in [0.1, 0.15) is 33.6 Å². The Morgan fingerprint density at radius 2 is 2.23 bits per heavy atom. The molecule has 0 saturated carbocycles. The molecule has 1 atom stereocenters. The van der Waals surface area contributed by atoms with Gasteiger partial charge in [-0.2, -0.15) is 0 Å². The first kappa shape index (κ1) is 11.0. The van der Waals surface area contributed by atoms with Crippen molar-refractivity contribution in [1.29, 1.82) is 0 Å². The van der Waals surface area contributed by atoms with E-state index in [4.69, 9.17) is 4.74 Å². The average molecular weight is 185 g/mol. The van der Waals surface area contributed by atoms with Crippen LogP contribution in [0.3, 0.4) is 0 Å². The summed E-state index contributed by atoms with van der Waals surface area (Å²) in [6.07, 6.45) is 3.06. The molecule has 0 N–H and O–H groups in total. The van der Waals surface area contributed by atoms with Crippen LogP contribution in [0.15, 0.2) is 0 Å². The van der Waals surface area contributed by atoms with E-state index < -0.39 is 0 Å². The summed E-state index contributed by atoms with van der Waals surface area (Å²) in [5.41, 5.74) is 0. The summed E-state index contributed by atoms with van der Waals surface area (Å²) < 4.78 is 5.60. The van der Waals surface area contributed by atoms with Gasteiger partial charge in [0.15, 0.2) is 0 Å². The molecule has 1 saturated heterocycles. The van der Waals surface area contributed by atoms with Gasteiger partial charge >= 0.3 is 0 Å². The lowest BCUT2D eigenvalue weighted by molar-refractivity contribution is 0.0685. The molecular weight excluding hydrogens is 162 g/mol. The van der Waals surface area contributed by atoms with E-state index in [2.05, 4.69) is 25.7 Å². The normalized spacial score (nSPS) is 24.5. The minimum absolute atomic E-state index is 0.511. The van der Waals surface area contributed by atoms with E-state index in [1.165, 1.54) is 25.9 Å². The molecule has 0 spiro atoms. The van der Waals surface area contributed by atoms with E-state index in [0.717, 1.165) is 19.1 Å². The highest BCUT2D eigenvalue weighted by atomic mass is 16.5. The number of nitrogens with zero attached hydrogens (tertiary/aromatic N) is 1. The Kier molecular flexibility index (Phi) is 4.74. The lowest BCUT2D eigenvalue weighted by atomic mass is 10.1. The maximum atomic E-state index is 5.60. The van der Waals surface area contributed by atoms with Gasteiger partial charge in [-0.3, -0.25) is 0 Å². The van der Waals surface area contributed by atoms with Gasteiger partial charge in [-0.05, 0) is 32.2 Å². The molecule has 1 aliphatic heterocycles. The Bertz CT molecular complexity index is 136. The molecular formula is C11H23NO. The molecule has 1 rings (SSSR count). The summed E-state index contributed by atoms with van der Waals surface area (Å²) in [4.78, 5) is 2.53. The van der Waals surface area contributed by atoms with Gasteiger partial charge in [0.1, 0.15) is 0 Å². The predicted molar refractivity (Wildman–Crippen MR) is 55.9 cm³/mol. The van der Waals surface area contributed by atoms with Crippen LogP contribution in [0.4, 0.5) is 0 Å². The first-order valence-electron chi connectivity index (χ1n) is 5.56. The van der Waals surface area contributed by atoms with Gasteiger partial charge in [-0.25, -0.2) is 0 Å². The molecule has 13 heavy (non-hydrogen) atoms. The topological polar surface area (TPSA) is 12.5 Å². The maximum Gasteiger partial charge on any atom is 0.0714 e. The van der Waals surface area contributed by atoms with Gasteiger partial charge in [-0.15, -0.1) is 0 Å². The van der Waals surface area contributed by atoms with Gasteiger partial charge in [0.2, 0.25) is 0 Å². The zero-order valence-corrected chi connectivity index (χ0v) is 9.25. The third-order valence-electron chi connectivity index (χ3n) is 2.65. The first-order chi connectivity index (χ1) is 6.22. The fourth-order valence-electron chi connectivity index (χ4n) is 1.81. The molecule has 0 bridgehead atoms. The molecule has 78 valence electrons. The molecule has 0 amide bonds. The number of hydrogen-bond donors (Lipinski definition) is 0. The van der Waals surface area contributed by atoms with Crippen molar-refractivity contribution in [2.24, 2.45) is 5.92 Å². The van der Waals surface area contributed by atoms with Crippen LogP contribution < -0.4 is 0 Å². The van der Waals surface area contributed by atoms with Crippen molar-refractivity contribution in [2.75, 3.05) is 26.2 Å². The minimum Gasteiger partial charge on any atom is -0.377 e. The molecule has 1 fully saturated rings. The molecule has 1 unspecified atom stereocenters. The van der Waals surface area contributed by atoms with E-state index in [-0.39, 0.29) is 0 Å². The van der Waals surface area contributed by atoms with Crippen molar-refractivity contribution in [3.8, 4) is 0 Å². The summed E-state index contributed by atoms with van der Waals surface area (Å²) in [6, 6.07) is 0. The van der Waals surface area contributed by atoms with Crippen molar-refractivity contribution >= 4 is 0 Å². The summed E-state index contributed by atoms with van der Waals surface area (Å²) in [6.45, 7) is 11.2. The molecule has 0 radical (unpaired) electrons. The maximum absolute atomic E-state index is 5.60. The van der Waals surface area contributed by atoms with Gasteiger partial charge in [0.25, 0.3) is 0 Å². The molecule has 0 aromatic heterocycles. The van der Waals surface area contributed by atoms with Crippen molar-refractivity contribution in [2.45, 2.75) is 39.7 Å². The van der Waals surface area contributed by atoms with Crippen molar-refractivity contribution < 1.29 is 4.74 Å². The second-order valence-corrected chi connectivity index (χ2v) is 4.35. The number of hydrogen-bond acceptors (Lipinski definition) is 2. The lowest BCUT2D eigenvalue weighted by Crippen LogP contribution is -2.25. The smallest absolute Gasteiger partial charge is 0.0714 e. The monoisotopic (exact) mass is 185 g/mol. The number of ether oxygens (including phenoxy) is 1. The Morgan fingerprint density at radius 3 is 2.85 bits per heavy atom. The van der Waals surface area contributed by atoms with Gasteiger partial charge in [0, 0.05) is 19.7 Å². The predicted octanol–water partition coefficient (Wildman–Crippen LogP) is 2.14. The van der Waals surface area contributed by atoms with Gasteiger partial charge in [0.05, 0.1) is 6.10 Å². The highest BCUT2D eigenvalue weighted by Gasteiger charge is 2.21. The van der Waals surface area contributed by atoms with Gasteiger partial charge < -0.3 is 9.64 Å². The molecule has 0 aromatic carbocycles. The van der Waals surface area contributed by atoms with Crippen molar-refractivity contribution in [3.63, 3.8) is 0 Å². The standard InChI is InChI=1S/C11H23NO/c1-4-13-11-6-8-12(9-11)7-5-10(2)3/h10-11H,4-9H2,1-3H3. The second kappa shape index (κ2) is 5.61. The number of likely N-dealkylation sites (tertiary alicyclic amines) is 1. The van der Waals surface area contributed by atoms with Crippen LogP contribution in [0, 0.1) is 5.92 Å². The van der Waals surface area contributed by atoms with Crippen molar-refractivity contribution in [1.82, 2.24) is 4.90 Å². The van der Waals surface area contributed by atoms with E-state index in [0.29, 0.717) is 6.10 Å². The average Bonchev–Trinajstić information content (AvgIpc) is 2.50. The largest absolute Gasteiger partial charge is 0.377 e. The van der Waals surface area contributed by atoms with E-state index in [1.54, 1.807) is 0 Å². The van der Waals surface area contributed by atoms with Crippen LogP contribution in [-0.4, -0.2) is 37.2 Å². The Labute approximate surface area is 82.3 Å². The summed E-state index contributed by atoms with van der Waals surface area (Å²) >= 11 is 0. The van der Waals surface area contributed by atoms with Crippen LogP contribution in [0.25, 0.3) is 0 Å². The Hall–Kier alpha value is -0.0800. The Morgan fingerprint density at radius 1 is 1.46 bits per heavy atom. The molecule has 0 aromatic rings. The first-order valence-corrected chi connectivity index (χ1v) is 5.56. The zero-order valence-electron chi connectivity index (χ0n) is 9.25. The molecule has 1 heterocycles. The molecule has 1 aliphatic rings. The summed E-state index contributed by atoms with van der Waals surface area (Å²) in [5, 5.41) is 0. The Balaban J connectivity index is 2.10. The van der Waals surface area contributed by atoms with Gasteiger partial charge in [-0.1, -0.05) is 13.8 Å². The lowest BCUT2D eigenvalue weighted by Gasteiger charge is -2.16. The third-order valence-corrected chi connectivity index (χ3v) is 2.65. The van der Waals surface area contributed by atoms with Crippen LogP contribution >= 0.6 is 0 Å². The third kappa shape index (κ3) is 4.10. The molecule has 2 heteroatoms. The molecule has 0 aliphatic carbocycles. The van der Waals surface area contributed by atoms with Crippen LogP contribution in [0.2, 0.25) is 0 Å². The quantitative estimate of drug-likeness (QED) is 0.650. The number of rotatable bonds is 5. The van der Waals surface area contributed by atoms with Crippen molar-refractivity contribution in [3.05, 3.63) is 0 Å². The summed E-state index contributed by atoms with van der Waals surface area (Å²) in [5.74, 6) is 0.825. The second-order valence-electron chi connectivity index (χ2n) is 4.35. The fourth-order valence-corrected chi connectivity index (χ4v) is 1.81. The fraction of sp³-hybridized carbons (Fsp3) is 1.00.